The number of hydrogen-bond acceptors (Lipinski definition) is 7. The molecule has 1 aliphatic rings. The zero-order chi connectivity index (χ0) is 17.2. The molecule has 9 heteroatoms. The third kappa shape index (κ3) is 4.10. The topological polar surface area (TPSA) is 106 Å². The molecule has 126 valence electrons. The van der Waals surface area contributed by atoms with Crippen molar-refractivity contribution in [2.24, 2.45) is 5.73 Å². The lowest BCUT2D eigenvalue weighted by atomic mass is 10.1. The van der Waals surface area contributed by atoms with Gasteiger partial charge in [-0.1, -0.05) is 18.3 Å². The number of carbonyl (C=O) groups is 1. The lowest BCUT2D eigenvalue weighted by molar-refractivity contribution is -0.126. The average molecular weight is 356 g/mol. The van der Waals surface area contributed by atoms with Gasteiger partial charge in [0.15, 0.2) is 9.84 Å². The van der Waals surface area contributed by atoms with E-state index in [9.17, 15) is 13.2 Å². The number of carbonyl (C=O) groups excluding carboxylic acids is 1. The van der Waals surface area contributed by atoms with Gasteiger partial charge in [-0.25, -0.2) is 8.42 Å². The fourth-order valence-corrected chi connectivity index (χ4v) is 4.30. The molecule has 2 heterocycles. The Labute approximate surface area is 140 Å². The Hall–Kier alpha value is -1.45. The lowest BCUT2D eigenvalue weighted by Gasteiger charge is -2.27. The summed E-state index contributed by atoms with van der Waals surface area (Å²) in [5, 5.41) is 8.73. The Morgan fingerprint density at radius 2 is 1.91 bits per heavy atom. The van der Waals surface area contributed by atoms with Crippen LogP contribution >= 0.6 is 11.8 Å². The molecule has 0 spiro atoms. The molecule has 0 saturated carbocycles. The van der Waals surface area contributed by atoms with E-state index in [0.29, 0.717) is 11.6 Å². The van der Waals surface area contributed by atoms with Crippen LogP contribution in [0.15, 0.2) is 16.5 Å². The molecule has 0 bridgehead atoms. The molecule has 0 unspecified atom stereocenters. The number of amides is 1. The van der Waals surface area contributed by atoms with Crippen LogP contribution in [0.4, 0.5) is 0 Å². The van der Waals surface area contributed by atoms with Crippen molar-refractivity contribution in [2.45, 2.75) is 25.4 Å². The van der Waals surface area contributed by atoms with Crippen LogP contribution in [0.2, 0.25) is 0 Å². The summed E-state index contributed by atoms with van der Waals surface area (Å²) in [5.74, 6) is -0.282. The molecular formula is C14H20N4O3S2. The quantitative estimate of drug-likeness (QED) is 0.615. The van der Waals surface area contributed by atoms with Crippen LogP contribution in [0.25, 0.3) is 0 Å². The van der Waals surface area contributed by atoms with E-state index in [1.807, 2.05) is 13.8 Å². The molecule has 0 radical (unpaired) electrons. The molecule has 1 aromatic rings. The molecule has 1 aromatic heterocycles. The van der Waals surface area contributed by atoms with Crippen LogP contribution in [-0.2, 0) is 21.2 Å². The molecule has 1 aliphatic heterocycles. The largest absolute Gasteiger partial charge is 0.336 e. The van der Waals surface area contributed by atoms with E-state index in [0.717, 1.165) is 28.6 Å². The van der Waals surface area contributed by atoms with Gasteiger partial charge in [-0.3, -0.25) is 4.79 Å². The van der Waals surface area contributed by atoms with Crippen LogP contribution in [0.1, 0.15) is 16.8 Å². The normalized spacial score (nSPS) is 17.1. The van der Waals surface area contributed by atoms with Gasteiger partial charge in [0.05, 0.1) is 22.1 Å². The average Bonchev–Trinajstić information content (AvgIpc) is 2.50. The maximum Gasteiger partial charge on any atom is 0.260 e. The number of aryl methyl sites for hydroxylation is 1. The molecule has 2 N–H and O–H groups in total. The summed E-state index contributed by atoms with van der Waals surface area (Å²) < 4.78 is 22.9. The van der Waals surface area contributed by atoms with Gasteiger partial charge in [-0.2, -0.15) is 5.10 Å². The van der Waals surface area contributed by atoms with Crippen molar-refractivity contribution in [3.8, 4) is 0 Å². The first kappa shape index (κ1) is 17.9. The van der Waals surface area contributed by atoms with Gasteiger partial charge in [0.2, 0.25) is 0 Å². The van der Waals surface area contributed by atoms with Gasteiger partial charge in [0, 0.05) is 25.2 Å². The number of hydrogen-bond donors (Lipinski definition) is 1. The van der Waals surface area contributed by atoms with Gasteiger partial charge in [-0.05, 0) is 19.4 Å². The van der Waals surface area contributed by atoms with Crippen molar-refractivity contribution in [3.63, 3.8) is 0 Å². The van der Waals surface area contributed by atoms with E-state index >= 15 is 0 Å². The van der Waals surface area contributed by atoms with Crippen LogP contribution in [-0.4, -0.2) is 54.0 Å². The summed E-state index contributed by atoms with van der Waals surface area (Å²) in [5.41, 5.74) is 8.37. The molecule has 1 amide bonds. The molecule has 0 atom stereocenters. The zero-order valence-electron chi connectivity index (χ0n) is 13.2. The van der Waals surface area contributed by atoms with Crippen molar-refractivity contribution < 1.29 is 13.2 Å². The molecule has 7 nitrogen and oxygen atoms in total. The number of thioether (sulfide) groups is 1. The van der Waals surface area contributed by atoms with E-state index in [1.165, 1.54) is 4.90 Å². The van der Waals surface area contributed by atoms with E-state index in [-0.39, 0.29) is 35.4 Å². The Morgan fingerprint density at radius 1 is 1.30 bits per heavy atom. The Morgan fingerprint density at radius 3 is 2.48 bits per heavy atom. The number of rotatable bonds is 4. The summed E-state index contributed by atoms with van der Waals surface area (Å²) in [6.45, 7) is 8.26. The summed E-state index contributed by atoms with van der Waals surface area (Å²) >= 11 is 1.13. The SMILES string of the molecule is C=C(Sc1nnc(C)c(C)c1CN)C(=O)N1CCS(=O)(=O)CC1. The zero-order valence-corrected chi connectivity index (χ0v) is 14.8. The smallest absolute Gasteiger partial charge is 0.260 e. The first-order valence-electron chi connectivity index (χ1n) is 7.14. The Bertz CT molecular complexity index is 733. The lowest BCUT2D eigenvalue weighted by Crippen LogP contribution is -2.43. The minimum absolute atomic E-state index is 0.00577. The second kappa shape index (κ2) is 6.98. The summed E-state index contributed by atoms with van der Waals surface area (Å²) in [4.78, 5) is 14.2. The van der Waals surface area contributed by atoms with Gasteiger partial charge >= 0.3 is 0 Å². The summed E-state index contributed by atoms with van der Waals surface area (Å²) in [7, 11) is -3.02. The minimum atomic E-state index is -3.02. The van der Waals surface area contributed by atoms with Crippen molar-refractivity contribution in [3.05, 3.63) is 28.3 Å². The van der Waals surface area contributed by atoms with E-state index in [4.69, 9.17) is 5.73 Å². The van der Waals surface area contributed by atoms with Gasteiger partial charge in [0.1, 0.15) is 5.03 Å². The first-order chi connectivity index (χ1) is 10.7. The Balaban J connectivity index is 2.11. The molecule has 2 rings (SSSR count). The highest BCUT2D eigenvalue weighted by atomic mass is 32.2. The maximum absolute atomic E-state index is 12.4. The van der Waals surface area contributed by atoms with Crippen LogP contribution in [0, 0.1) is 13.8 Å². The highest BCUT2D eigenvalue weighted by Crippen LogP contribution is 2.30. The number of nitrogens with zero attached hydrogens (tertiary/aromatic N) is 3. The van der Waals surface area contributed by atoms with E-state index in [1.54, 1.807) is 0 Å². The van der Waals surface area contributed by atoms with Crippen LogP contribution < -0.4 is 5.73 Å². The first-order valence-corrected chi connectivity index (χ1v) is 9.78. The fraction of sp³-hybridized carbons (Fsp3) is 0.500. The van der Waals surface area contributed by atoms with Gasteiger partial charge in [0.25, 0.3) is 5.91 Å². The van der Waals surface area contributed by atoms with Gasteiger partial charge in [-0.15, -0.1) is 5.10 Å². The summed E-state index contributed by atoms with van der Waals surface area (Å²) in [6.07, 6.45) is 0. The van der Waals surface area contributed by atoms with Crippen molar-refractivity contribution in [2.75, 3.05) is 24.6 Å². The third-order valence-electron chi connectivity index (χ3n) is 3.84. The second-order valence-corrected chi connectivity index (χ2v) is 8.75. The predicted molar refractivity (Wildman–Crippen MR) is 89.6 cm³/mol. The molecule has 23 heavy (non-hydrogen) atoms. The third-order valence-corrected chi connectivity index (χ3v) is 6.39. The number of nitrogens with two attached hydrogens (primary N) is 1. The van der Waals surface area contributed by atoms with Crippen LogP contribution in [0.5, 0.6) is 0 Å². The van der Waals surface area contributed by atoms with Crippen molar-refractivity contribution >= 4 is 27.5 Å². The molecule has 0 aromatic carbocycles. The maximum atomic E-state index is 12.4. The highest BCUT2D eigenvalue weighted by Gasteiger charge is 2.27. The molecule has 1 saturated heterocycles. The molecule has 0 aliphatic carbocycles. The predicted octanol–water partition coefficient (Wildman–Crippen LogP) is 0.415. The monoisotopic (exact) mass is 356 g/mol. The standard InChI is InChI=1S/C14H20N4O3S2/c1-9-10(2)16-17-13(12(9)8-15)22-11(3)14(19)18-4-6-23(20,21)7-5-18/h3-8,15H2,1-2H3. The number of sulfone groups is 1. The van der Waals surface area contributed by atoms with E-state index < -0.39 is 9.84 Å². The minimum Gasteiger partial charge on any atom is -0.336 e. The molecule has 1 fully saturated rings. The van der Waals surface area contributed by atoms with E-state index in [2.05, 4.69) is 16.8 Å². The van der Waals surface area contributed by atoms with Crippen LogP contribution in [0.3, 0.4) is 0 Å². The highest BCUT2D eigenvalue weighted by molar-refractivity contribution is 8.04. The Kier molecular flexibility index (Phi) is 5.43. The summed E-state index contributed by atoms with van der Waals surface area (Å²) in [6, 6.07) is 0. The second-order valence-electron chi connectivity index (χ2n) is 5.37. The van der Waals surface area contributed by atoms with Gasteiger partial charge < -0.3 is 10.6 Å². The van der Waals surface area contributed by atoms with Crippen molar-refractivity contribution in [1.29, 1.82) is 0 Å². The molecular weight excluding hydrogens is 336 g/mol. The van der Waals surface area contributed by atoms with Crippen molar-refractivity contribution in [1.82, 2.24) is 15.1 Å². The fourth-order valence-electron chi connectivity index (χ4n) is 2.21. The number of aromatic nitrogens is 2.